The minimum atomic E-state index is -0.574. The molecule has 9 nitrogen and oxygen atoms in total. The van der Waals surface area contributed by atoms with Gasteiger partial charge in [0.25, 0.3) is 11.8 Å². The van der Waals surface area contributed by atoms with Crippen molar-refractivity contribution in [2.75, 3.05) is 11.9 Å². The van der Waals surface area contributed by atoms with Crippen LogP contribution in [0.5, 0.6) is 5.75 Å². The van der Waals surface area contributed by atoms with Gasteiger partial charge in [0.1, 0.15) is 11.4 Å². The van der Waals surface area contributed by atoms with E-state index in [0.717, 1.165) is 0 Å². The second-order valence-electron chi connectivity index (χ2n) is 4.96. The molecule has 2 amide bonds. The lowest BCUT2D eigenvalue weighted by Crippen LogP contribution is -2.20. The number of primary amides is 1. The Labute approximate surface area is 142 Å². The van der Waals surface area contributed by atoms with Gasteiger partial charge in [-0.2, -0.15) is 4.98 Å². The lowest BCUT2D eigenvalue weighted by molar-refractivity contribution is -0.119. The summed E-state index contributed by atoms with van der Waals surface area (Å²) in [5.74, 6) is 0.0691. The molecule has 0 fully saturated rings. The van der Waals surface area contributed by atoms with Gasteiger partial charge in [-0.25, -0.2) is 0 Å². The summed E-state index contributed by atoms with van der Waals surface area (Å²) in [7, 11) is 0. The smallest absolute Gasteiger partial charge is 0.258 e. The van der Waals surface area contributed by atoms with E-state index in [2.05, 4.69) is 25.5 Å². The molecule has 3 rings (SSSR count). The van der Waals surface area contributed by atoms with Crippen molar-refractivity contribution >= 4 is 17.8 Å². The van der Waals surface area contributed by atoms with Crippen LogP contribution >= 0.6 is 0 Å². The number of rotatable bonds is 6. The minimum absolute atomic E-state index is 0.139. The fourth-order valence-electron chi connectivity index (χ4n) is 1.97. The molecular weight excluding hydrogens is 324 g/mol. The number of nitrogens with zero attached hydrogens (tertiary/aromatic N) is 3. The van der Waals surface area contributed by atoms with E-state index >= 15 is 0 Å². The third kappa shape index (κ3) is 4.16. The number of aromatic nitrogens is 4. The van der Waals surface area contributed by atoms with Crippen LogP contribution < -0.4 is 15.8 Å². The van der Waals surface area contributed by atoms with Gasteiger partial charge in [-0.3, -0.25) is 25.0 Å². The Kier molecular flexibility index (Phi) is 4.65. The number of hydrogen-bond acceptors (Lipinski definition) is 6. The Morgan fingerprint density at radius 1 is 1.16 bits per heavy atom. The van der Waals surface area contributed by atoms with E-state index < -0.39 is 5.91 Å². The molecule has 25 heavy (non-hydrogen) atoms. The second-order valence-corrected chi connectivity index (χ2v) is 4.96. The van der Waals surface area contributed by atoms with Crippen LogP contribution in [-0.2, 0) is 4.79 Å². The number of nitrogens with two attached hydrogens (primary N) is 1. The number of carbonyl (C=O) groups excluding carboxylic acids is 2. The van der Waals surface area contributed by atoms with Crippen molar-refractivity contribution in [3.63, 3.8) is 0 Å². The van der Waals surface area contributed by atoms with Crippen molar-refractivity contribution in [3.05, 3.63) is 54.2 Å². The lowest BCUT2D eigenvalue weighted by atomic mass is 10.2. The molecule has 0 saturated carbocycles. The molecule has 9 heteroatoms. The first-order valence-electron chi connectivity index (χ1n) is 7.28. The van der Waals surface area contributed by atoms with Crippen LogP contribution in [0, 0.1) is 0 Å². The predicted molar refractivity (Wildman–Crippen MR) is 88.7 cm³/mol. The maximum Gasteiger partial charge on any atom is 0.258 e. The van der Waals surface area contributed by atoms with Crippen LogP contribution in [0.25, 0.3) is 11.5 Å². The molecule has 4 N–H and O–H groups in total. The summed E-state index contributed by atoms with van der Waals surface area (Å²) in [6.45, 7) is -0.223. The van der Waals surface area contributed by atoms with Crippen molar-refractivity contribution in [3.8, 4) is 17.3 Å². The van der Waals surface area contributed by atoms with Gasteiger partial charge in [-0.05, 0) is 36.4 Å². The number of benzene rings is 1. The first-order valence-corrected chi connectivity index (χ1v) is 7.28. The Bertz CT molecular complexity index is 876. The first kappa shape index (κ1) is 16.1. The standard InChI is InChI=1S/C16H14N6O3/c17-13(23)9-25-11-6-4-10(5-7-11)15(24)20-16-19-14(21-22-16)12-3-1-2-8-18-12/h1-8H,9H2,(H2,17,23)(H2,19,20,21,22,24). The van der Waals surface area contributed by atoms with Crippen molar-refractivity contribution in [2.45, 2.75) is 0 Å². The summed E-state index contributed by atoms with van der Waals surface area (Å²) in [4.78, 5) is 31.2. The quantitative estimate of drug-likeness (QED) is 0.613. The largest absolute Gasteiger partial charge is 0.484 e. The van der Waals surface area contributed by atoms with Gasteiger partial charge >= 0.3 is 0 Å². The van der Waals surface area contributed by atoms with E-state index in [-0.39, 0.29) is 18.5 Å². The van der Waals surface area contributed by atoms with E-state index in [0.29, 0.717) is 22.8 Å². The second kappa shape index (κ2) is 7.21. The van der Waals surface area contributed by atoms with Crippen molar-refractivity contribution < 1.29 is 14.3 Å². The highest BCUT2D eigenvalue weighted by atomic mass is 16.5. The van der Waals surface area contributed by atoms with E-state index in [1.54, 1.807) is 42.6 Å². The summed E-state index contributed by atoms with van der Waals surface area (Å²) in [6, 6.07) is 11.6. The number of amides is 2. The highest BCUT2D eigenvalue weighted by molar-refractivity contribution is 6.03. The summed E-state index contributed by atoms with van der Waals surface area (Å²) < 4.78 is 5.13. The zero-order valence-corrected chi connectivity index (χ0v) is 13.0. The molecule has 0 spiro atoms. The number of carbonyl (C=O) groups is 2. The van der Waals surface area contributed by atoms with E-state index in [9.17, 15) is 9.59 Å². The maximum atomic E-state index is 12.2. The summed E-state index contributed by atoms with van der Waals surface area (Å²) >= 11 is 0. The SMILES string of the molecule is NC(=O)COc1ccc(C(=O)Nc2n[nH]c(-c3ccccn3)n2)cc1. The Morgan fingerprint density at radius 3 is 2.64 bits per heavy atom. The molecule has 0 aliphatic heterocycles. The predicted octanol–water partition coefficient (Wildman–Crippen LogP) is 0.983. The van der Waals surface area contributed by atoms with Crippen LogP contribution in [0.1, 0.15) is 10.4 Å². The topological polar surface area (TPSA) is 136 Å². The maximum absolute atomic E-state index is 12.2. The van der Waals surface area contributed by atoms with Crippen LogP contribution in [0.4, 0.5) is 5.95 Å². The van der Waals surface area contributed by atoms with Gasteiger partial charge in [0.05, 0.1) is 0 Å². The number of hydrogen-bond donors (Lipinski definition) is 3. The van der Waals surface area contributed by atoms with Gasteiger partial charge in [0, 0.05) is 11.8 Å². The zero-order valence-electron chi connectivity index (χ0n) is 13.0. The van der Waals surface area contributed by atoms with Crippen LogP contribution in [0.3, 0.4) is 0 Å². The lowest BCUT2D eigenvalue weighted by Gasteiger charge is -2.05. The number of ether oxygens (including phenoxy) is 1. The molecule has 2 heterocycles. The molecule has 1 aromatic carbocycles. The van der Waals surface area contributed by atoms with Crippen LogP contribution in [0.2, 0.25) is 0 Å². The van der Waals surface area contributed by atoms with Crippen LogP contribution in [-0.4, -0.2) is 38.6 Å². The summed E-state index contributed by atoms with van der Waals surface area (Å²) in [5.41, 5.74) is 6.00. The summed E-state index contributed by atoms with van der Waals surface area (Å²) in [5, 5.41) is 9.24. The molecule has 0 aliphatic carbocycles. The zero-order chi connectivity index (χ0) is 17.6. The first-order chi connectivity index (χ1) is 12.1. The van der Waals surface area contributed by atoms with E-state index in [4.69, 9.17) is 10.5 Å². The van der Waals surface area contributed by atoms with E-state index in [1.807, 2.05) is 6.07 Å². The molecular formula is C16H14N6O3. The minimum Gasteiger partial charge on any atom is -0.484 e. The molecule has 126 valence electrons. The van der Waals surface area contributed by atoms with Crippen molar-refractivity contribution in [1.82, 2.24) is 20.2 Å². The van der Waals surface area contributed by atoms with Gasteiger partial charge in [-0.15, -0.1) is 5.10 Å². The molecule has 2 aromatic heterocycles. The average molecular weight is 338 g/mol. The van der Waals surface area contributed by atoms with Crippen LogP contribution in [0.15, 0.2) is 48.7 Å². The number of aromatic amines is 1. The molecule has 0 radical (unpaired) electrons. The molecule has 0 aliphatic rings. The highest BCUT2D eigenvalue weighted by Crippen LogP contribution is 2.15. The summed E-state index contributed by atoms with van der Waals surface area (Å²) in [6.07, 6.45) is 1.64. The molecule has 3 aromatic rings. The number of nitrogens with one attached hydrogen (secondary N) is 2. The third-order valence-electron chi connectivity index (χ3n) is 3.12. The monoisotopic (exact) mass is 338 g/mol. The van der Waals surface area contributed by atoms with Gasteiger partial charge in [0.15, 0.2) is 12.4 Å². The van der Waals surface area contributed by atoms with Gasteiger partial charge < -0.3 is 10.5 Å². The normalized spacial score (nSPS) is 10.2. The van der Waals surface area contributed by atoms with Crippen molar-refractivity contribution in [1.29, 1.82) is 0 Å². The Balaban J connectivity index is 1.64. The number of anilines is 1. The third-order valence-corrected chi connectivity index (χ3v) is 3.12. The molecule has 0 unspecified atom stereocenters. The molecule has 0 atom stereocenters. The fraction of sp³-hybridized carbons (Fsp3) is 0.0625. The fourth-order valence-corrected chi connectivity index (χ4v) is 1.97. The highest BCUT2D eigenvalue weighted by Gasteiger charge is 2.11. The van der Waals surface area contributed by atoms with Gasteiger partial charge in [-0.1, -0.05) is 6.07 Å². The average Bonchev–Trinajstić information content (AvgIpc) is 3.09. The molecule has 0 bridgehead atoms. The van der Waals surface area contributed by atoms with Crippen molar-refractivity contribution in [2.24, 2.45) is 5.73 Å². The number of H-pyrrole nitrogens is 1. The Morgan fingerprint density at radius 2 is 1.96 bits per heavy atom. The van der Waals surface area contributed by atoms with E-state index in [1.165, 1.54) is 0 Å². The van der Waals surface area contributed by atoms with Gasteiger partial charge in [0.2, 0.25) is 5.95 Å². The molecule has 0 saturated heterocycles. The number of pyridine rings is 1. The Hall–Kier alpha value is -3.75.